The molecule has 9 heteroatoms. The van der Waals surface area contributed by atoms with Crippen LogP contribution in [0.2, 0.25) is 10.2 Å². The molecule has 5 nitrogen and oxygen atoms in total. The number of sulfonamides is 1. The van der Waals surface area contributed by atoms with Gasteiger partial charge in [0.05, 0.1) is 4.90 Å². The van der Waals surface area contributed by atoms with E-state index in [-0.39, 0.29) is 26.3 Å². The maximum Gasteiger partial charge on any atom is 0.285 e. The lowest BCUT2D eigenvalue weighted by molar-refractivity contribution is 0.112. The van der Waals surface area contributed by atoms with Crippen molar-refractivity contribution in [1.82, 2.24) is 4.57 Å². The highest BCUT2D eigenvalue weighted by molar-refractivity contribution is 7.90. The van der Waals surface area contributed by atoms with Gasteiger partial charge in [0.15, 0.2) is 6.29 Å². The molecule has 116 valence electrons. The number of hydrogen-bond acceptors (Lipinski definition) is 4. The number of halogens is 2. The summed E-state index contributed by atoms with van der Waals surface area (Å²) in [5.74, 6) is 0. The van der Waals surface area contributed by atoms with Gasteiger partial charge in [-0.1, -0.05) is 40.6 Å². The molecule has 0 amide bonds. The highest BCUT2D eigenvalue weighted by atomic mass is 35.5. The first-order chi connectivity index (χ1) is 10.4. The smallest absolute Gasteiger partial charge is 0.285 e. The Kier molecular flexibility index (Phi) is 5.23. The molecule has 0 bridgehead atoms. The molecule has 0 atom stereocenters. The normalized spacial score (nSPS) is 12.4. The van der Waals surface area contributed by atoms with Gasteiger partial charge in [0, 0.05) is 11.6 Å². The zero-order valence-corrected chi connectivity index (χ0v) is 14.2. The second-order valence-electron chi connectivity index (χ2n) is 4.08. The average molecular weight is 377 g/mol. The van der Waals surface area contributed by atoms with E-state index < -0.39 is 10.0 Å². The Morgan fingerprint density at radius 1 is 1.27 bits per heavy atom. The van der Waals surface area contributed by atoms with Crippen molar-refractivity contribution in [3.05, 3.63) is 56.8 Å². The van der Waals surface area contributed by atoms with E-state index in [0.29, 0.717) is 11.3 Å². The monoisotopic (exact) mass is 376 g/mol. The van der Waals surface area contributed by atoms with Gasteiger partial charge in [0.1, 0.15) is 10.0 Å². The van der Waals surface area contributed by atoms with Crippen LogP contribution in [0.1, 0.15) is 9.67 Å². The number of benzene rings is 1. The van der Waals surface area contributed by atoms with Crippen LogP contribution in [0.3, 0.4) is 0 Å². The number of carbonyl (C=O) groups excluding carboxylic acids is 1. The van der Waals surface area contributed by atoms with E-state index >= 15 is 0 Å². The van der Waals surface area contributed by atoms with Gasteiger partial charge in [0.2, 0.25) is 4.80 Å². The molecule has 22 heavy (non-hydrogen) atoms. The Morgan fingerprint density at radius 3 is 2.45 bits per heavy atom. The third-order valence-electron chi connectivity index (χ3n) is 2.60. The van der Waals surface area contributed by atoms with E-state index in [9.17, 15) is 13.2 Å². The Hall–Kier alpha value is -1.41. The van der Waals surface area contributed by atoms with Gasteiger partial charge in [-0.15, -0.1) is 11.0 Å². The predicted octanol–water partition coefficient (Wildman–Crippen LogP) is 3.14. The Bertz CT molecular complexity index is 881. The van der Waals surface area contributed by atoms with Crippen LogP contribution in [0.4, 0.5) is 0 Å². The molecule has 0 aliphatic heterocycles. The van der Waals surface area contributed by atoms with E-state index in [2.05, 4.69) is 11.0 Å². The molecule has 0 radical (unpaired) electrons. The molecule has 1 heterocycles. The lowest BCUT2D eigenvalue weighted by atomic mass is 10.4. The number of allylic oxidation sites excluding steroid dienone is 1. The second-order valence-corrected chi connectivity index (χ2v) is 7.48. The van der Waals surface area contributed by atoms with Crippen molar-refractivity contribution in [1.29, 1.82) is 0 Å². The van der Waals surface area contributed by atoms with Crippen LogP contribution in [0.15, 0.2) is 46.2 Å². The van der Waals surface area contributed by atoms with Crippen molar-refractivity contribution >= 4 is 50.8 Å². The molecule has 0 aliphatic carbocycles. The fraction of sp³-hybridized carbons (Fsp3) is 0.0769. The highest BCUT2D eigenvalue weighted by Gasteiger charge is 2.16. The van der Waals surface area contributed by atoms with Crippen LogP contribution in [0, 0.1) is 0 Å². The summed E-state index contributed by atoms with van der Waals surface area (Å²) in [6.45, 7) is 3.80. The molecule has 0 saturated heterocycles. The molecule has 0 aliphatic rings. The summed E-state index contributed by atoms with van der Waals surface area (Å²) in [5, 5.41) is 0.549. The topological polar surface area (TPSA) is 68.5 Å². The third-order valence-corrected chi connectivity index (χ3v) is 5.77. The summed E-state index contributed by atoms with van der Waals surface area (Å²) in [7, 11) is -3.94. The molecular formula is C13H10Cl2N2O3S2. The summed E-state index contributed by atoms with van der Waals surface area (Å²) >= 11 is 12.7. The SMILES string of the molecule is C=CCn1c(Cl)c(C=O)s/c1=N/S(=O)(=O)c1ccc(Cl)cc1. The van der Waals surface area contributed by atoms with Crippen molar-refractivity contribution in [3.63, 3.8) is 0 Å². The molecule has 0 fully saturated rings. The quantitative estimate of drug-likeness (QED) is 0.594. The molecule has 1 aromatic carbocycles. The number of carbonyl (C=O) groups is 1. The zero-order chi connectivity index (χ0) is 16.3. The van der Waals surface area contributed by atoms with E-state index in [1.807, 2.05) is 0 Å². The van der Waals surface area contributed by atoms with Crippen molar-refractivity contribution < 1.29 is 13.2 Å². The molecule has 2 rings (SSSR count). The summed E-state index contributed by atoms with van der Waals surface area (Å²) in [6, 6.07) is 5.63. The largest absolute Gasteiger partial charge is 0.302 e. The maximum absolute atomic E-state index is 12.3. The summed E-state index contributed by atoms with van der Waals surface area (Å²) < 4.78 is 29.8. The Morgan fingerprint density at radius 2 is 1.91 bits per heavy atom. The van der Waals surface area contributed by atoms with Gasteiger partial charge < -0.3 is 4.57 Å². The molecular weight excluding hydrogens is 367 g/mol. The number of aromatic nitrogens is 1. The van der Waals surface area contributed by atoms with Crippen molar-refractivity contribution in [2.75, 3.05) is 0 Å². The molecule has 0 unspecified atom stereocenters. The van der Waals surface area contributed by atoms with Gasteiger partial charge >= 0.3 is 0 Å². The number of nitrogens with zero attached hydrogens (tertiary/aromatic N) is 2. The predicted molar refractivity (Wildman–Crippen MR) is 87.1 cm³/mol. The molecule has 0 spiro atoms. The fourth-order valence-electron chi connectivity index (χ4n) is 1.60. The number of hydrogen-bond donors (Lipinski definition) is 0. The van der Waals surface area contributed by atoms with Crippen molar-refractivity contribution in [3.8, 4) is 0 Å². The lowest BCUT2D eigenvalue weighted by Gasteiger charge is -2.01. The van der Waals surface area contributed by atoms with E-state index in [1.54, 1.807) is 0 Å². The Labute approximate surface area is 141 Å². The van der Waals surface area contributed by atoms with Crippen molar-refractivity contribution in [2.24, 2.45) is 4.40 Å². The Balaban J connectivity index is 2.63. The van der Waals surface area contributed by atoms with Crippen LogP contribution < -0.4 is 4.80 Å². The van der Waals surface area contributed by atoms with E-state index in [0.717, 1.165) is 11.3 Å². The van der Waals surface area contributed by atoms with Gasteiger partial charge in [-0.05, 0) is 24.3 Å². The van der Waals surface area contributed by atoms with Gasteiger partial charge in [-0.2, -0.15) is 8.42 Å². The molecule has 1 aromatic heterocycles. The summed E-state index contributed by atoms with van der Waals surface area (Å²) in [4.78, 5) is 11.3. The number of rotatable bonds is 5. The average Bonchev–Trinajstić information content (AvgIpc) is 2.76. The first-order valence-electron chi connectivity index (χ1n) is 5.91. The first kappa shape index (κ1) is 17.0. The lowest BCUT2D eigenvalue weighted by Crippen LogP contribution is -2.16. The molecule has 0 saturated carbocycles. The van der Waals surface area contributed by atoms with Gasteiger partial charge in [0.25, 0.3) is 10.0 Å². The molecule has 2 aromatic rings. The number of thiazole rings is 1. The zero-order valence-electron chi connectivity index (χ0n) is 11.1. The minimum absolute atomic E-state index is 0.000714. The minimum Gasteiger partial charge on any atom is -0.302 e. The van der Waals surface area contributed by atoms with E-state index in [4.69, 9.17) is 23.2 Å². The van der Waals surface area contributed by atoms with Gasteiger partial charge in [-0.3, -0.25) is 4.79 Å². The van der Waals surface area contributed by atoms with Gasteiger partial charge in [-0.25, -0.2) is 0 Å². The fourth-order valence-corrected chi connectivity index (χ4v) is 4.14. The van der Waals surface area contributed by atoms with Crippen LogP contribution in [-0.2, 0) is 16.6 Å². The highest BCUT2D eigenvalue weighted by Crippen LogP contribution is 2.19. The number of aldehydes is 1. The third kappa shape index (κ3) is 3.49. The first-order valence-corrected chi connectivity index (χ1v) is 8.92. The van der Waals surface area contributed by atoms with Crippen molar-refractivity contribution in [2.45, 2.75) is 11.4 Å². The molecule has 0 N–H and O–H groups in total. The maximum atomic E-state index is 12.3. The minimum atomic E-state index is -3.94. The van der Waals surface area contributed by atoms with Crippen LogP contribution in [-0.4, -0.2) is 19.3 Å². The summed E-state index contributed by atoms with van der Waals surface area (Å²) in [6.07, 6.45) is 2.08. The summed E-state index contributed by atoms with van der Waals surface area (Å²) in [5.41, 5.74) is 0. The van der Waals surface area contributed by atoms with Crippen LogP contribution in [0.5, 0.6) is 0 Å². The second kappa shape index (κ2) is 6.78. The van der Waals surface area contributed by atoms with E-state index in [1.165, 1.54) is 34.9 Å². The standard InChI is InChI=1S/C13H10Cl2N2O3S2/c1-2-7-17-12(15)11(8-18)21-13(17)16-22(19,20)10-5-3-9(14)4-6-10/h2-6,8H,1,7H2/b16-13+. The van der Waals surface area contributed by atoms with Crippen LogP contribution >= 0.6 is 34.5 Å². The van der Waals surface area contributed by atoms with Crippen LogP contribution in [0.25, 0.3) is 0 Å².